The van der Waals surface area contributed by atoms with Gasteiger partial charge in [0.15, 0.2) is 0 Å². The Morgan fingerprint density at radius 2 is 2.00 bits per heavy atom. The lowest BCUT2D eigenvalue weighted by atomic mass is 9.80. The average Bonchev–Trinajstić information content (AvgIpc) is 2.98. The molecule has 1 saturated carbocycles. The van der Waals surface area contributed by atoms with Gasteiger partial charge in [-0.25, -0.2) is 0 Å². The second kappa shape index (κ2) is 4.41. The molecule has 1 fully saturated rings. The molecular weight excluding hydrogens is 238 g/mol. The van der Waals surface area contributed by atoms with E-state index in [1.165, 1.54) is 16.5 Å². The maximum atomic E-state index is 11.7. The highest BCUT2D eigenvalue weighted by Gasteiger charge is 2.41. The van der Waals surface area contributed by atoms with Gasteiger partial charge in [0.1, 0.15) is 0 Å². The molecule has 19 heavy (non-hydrogen) atoms. The van der Waals surface area contributed by atoms with Crippen molar-refractivity contribution in [2.24, 2.45) is 12.5 Å². The van der Waals surface area contributed by atoms with Crippen molar-refractivity contribution in [2.45, 2.75) is 32.1 Å². The second-order valence-corrected chi connectivity index (χ2v) is 5.75. The molecule has 2 aromatic rings. The average molecular weight is 257 g/mol. The van der Waals surface area contributed by atoms with Gasteiger partial charge < -0.3 is 9.67 Å². The molecule has 1 heterocycles. The monoisotopic (exact) mass is 257 g/mol. The first-order valence-electron chi connectivity index (χ1n) is 6.89. The minimum Gasteiger partial charge on any atom is -0.481 e. The van der Waals surface area contributed by atoms with Gasteiger partial charge in [-0.15, -0.1) is 0 Å². The van der Waals surface area contributed by atoms with Gasteiger partial charge in [0.2, 0.25) is 0 Å². The molecule has 3 rings (SSSR count). The highest BCUT2D eigenvalue weighted by molar-refractivity contribution is 5.85. The number of carbonyl (C=O) groups is 1. The lowest BCUT2D eigenvalue weighted by Crippen LogP contribution is -2.30. The minimum atomic E-state index is -0.627. The van der Waals surface area contributed by atoms with Gasteiger partial charge in [-0.2, -0.15) is 0 Å². The standard InChI is InChI=1S/C16H19NO2/c1-17-11-12(13-6-2-3-7-14(13)17)10-16(15(18)19)8-4-5-9-16/h2-3,6-7,11H,4-5,8-10H2,1H3,(H,18,19). The van der Waals surface area contributed by atoms with Crippen molar-refractivity contribution in [1.82, 2.24) is 4.57 Å². The van der Waals surface area contributed by atoms with Crippen LogP contribution in [0.25, 0.3) is 10.9 Å². The Bertz CT molecular complexity index is 621. The Kier molecular flexibility index (Phi) is 2.85. The third-order valence-corrected chi connectivity index (χ3v) is 4.52. The van der Waals surface area contributed by atoms with Crippen LogP contribution >= 0.6 is 0 Å². The number of para-hydroxylation sites is 1. The molecule has 0 unspecified atom stereocenters. The van der Waals surface area contributed by atoms with Crippen molar-refractivity contribution in [1.29, 1.82) is 0 Å². The quantitative estimate of drug-likeness (QED) is 0.916. The molecule has 1 aromatic heterocycles. The van der Waals surface area contributed by atoms with Crippen LogP contribution in [-0.2, 0) is 18.3 Å². The van der Waals surface area contributed by atoms with E-state index < -0.39 is 11.4 Å². The fourth-order valence-corrected chi connectivity index (χ4v) is 3.45. The molecule has 0 aliphatic heterocycles. The fraction of sp³-hybridized carbons (Fsp3) is 0.438. The first kappa shape index (κ1) is 12.3. The smallest absolute Gasteiger partial charge is 0.309 e. The van der Waals surface area contributed by atoms with E-state index in [9.17, 15) is 9.90 Å². The molecule has 1 aliphatic rings. The van der Waals surface area contributed by atoms with Crippen LogP contribution in [0.1, 0.15) is 31.2 Å². The topological polar surface area (TPSA) is 42.2 Å². The molecule has 3 heteroatoms. The van der Waals surface area contributed by atoms with Crippen molar-refractivity contribution < 1.29 is 9.90 Å². The van der Waals surface area contributed by atoms with Gasteiger partial charge in [-0.1, -0.05) is 31.0 Å². The molecule has 1 aliphatic carbocycles. The van der Waals surface area contributed by atoms with E-state index >= 15 is 0 Å². The lowest BCUT2D eigenvalue weighted by molar-refractivity contribution is -0.148. The Labute approximate surface area is 112 Å². The zero-order valence-corrected chi connectivity index (χ0v) is 11.2. The molecule has 0 bridgehead atoms. The van der Waals surface area contributed by atoms with Gasteiger partial charge in [-0.3, -0.25) is 4.79 Å². The lowest BCUT2D eigenvalue weighted by Gasteiger charge is -2.23. The SMILES string of the molecule is Cn1cc(CC2(C(=O)O)CCCC2)c2ccccc21. The molecule has 1 aromatic carbocycles. The first-order chi connectivity index (χ1) is 9.12. The third-order valence-electron chi connectivity index (χ3n) is 4.52. The van der Waals surface area contributed by atoms with Gasteiger partial charge >= 0.3 is 5.97 Å². The predicted octanol–water partition coefficient (Wildman–Crippen LogP) is 3.37. The van der Waals surface area contributed by atoms with Crippen LogP contribution in [0.4, 0.5) is 0 Å². The van der Waals surface area contributed by atoms with Crippen molar-refractivity contribution in [2.75, 3.05) is 0 Å². The Morgan fingerprint density at radius 1 is 1.32 bits per heavy atom. The van der Waals surface area contributed by atoms with E-state index in [0.29, 0.717) is 6.42 Å². The molecule has 3 nitrogen and oxygen atoms in total. The van der Waals surface area contributed by atoms with Crippen LogP contribution in [-0.4, -0.2) is 15.6 Å². The van der Waals surface area contributed by atoms with Crippen LogP contribution in [0.3, 0.4) is 0 Å². The number of hydrogen-bond acceptors (Lipinski definition) is 1. The first-order valence-corrected chi connectivity index (χ1v) is 6.89. The number of aliphatic carboxylic acids is 1. The van der Waals surface area contributed by atoms with Gasteiger partial charge in [0.05, 0.1) is 5.41 Å². The summed E-state index contributed by atoms with van der Waals surface area (Å²) in [6.07, 6.45) is 6.45. The van der Waals surface area contributed by atoms with Crippen molar-refractivity contribution >= 4 is 16.9 Å². The summed E-state index contributed by atoms with van der Waals surface area (Å²) >= 11 is 0. The number of carboxylic acids is 1. The molecule has 100 valence electrons. The fourth-order valence-electron chi connectivity index (χ4n) is 3.45. The van der Waals surface area contributed by atoms with Crippen molar-refractivity contribution in [3.63, 3.8) is 0 Å². The molecule has 0 radical (unpaired) electrons. The van der Waals surface area contributed by atoms with Crippen molar-refractivity contribution in [3.8, 4) is 0 Å². The van der Waals surface area contributed by atoms with Crippen molar-refractivity contribution in [3.05, 3.63) is 36.0 Å². The van der Waals surface area contributed by atoms with E-state index in [2.05, 4.69) is 22.9 Å². The number of hydrogen-bond donors (Lipinski definition) is 1. The number of carboxylic acid groups (broad SMARTS) is 1. The van der Waals surface area contributed by atoms with E-state index in [-0.39, 0.29) is 0 Å². The van der Waals surface area contributed by atoms with Gasteiger partial charge in [-0.05, 0) is 30.9 Å². The van der Waals surface area contributed by atoms with Crippen LogP contribution in [0.2, 0.25) is 0 Å². The highest BCUT2D eigenvalue weighted by atomic mass is 16.4. The molecule has 0 amide bonds. The maximum Gasteiger partial charge on any atom is 0.309 e. The number of rotatable bonds is 3. The van der Waals surface area contributed by atoms with Gasteiger partial charge in [0.25, 0.3) is 0 Å². The van der Waals surface area contributed by atoms with E-state index in [4.69, 9.17) is 0 Å². The molecule has 0 atom stereocenters. The zero-order valence-electron chi connectivity index (χ0n) is 11.2. The summed E-state index contributed by atoms with van der Waals surface area (Å²) in [4.78, 5) is 11.7. The summed E-state index contributed by atoms with van der Waals surface area (Å²) in [6, 6.07) is 8.22. The normalized spacial score (nSPS) is 17.9. The Morgan fingerprint density at radius 3 is 2.68 bits per heavy atom. The summed E-state index contributed by atoms with van der Waals surface area (Å²) in [5, 5.41) is 10.8. The Hall–Kier alpha value is -1.77. The van der Waals surface area contributed by atoms with Crippen LogP contribution in [0.15, 0.2) is 30.5 Å². The summed E-state index contributed by atoms with van der Waals surface area (Å²) in [6.45, 7) is 0. The second-order valence-electron chi connectivity index (χ2n) is 5.75. The summed E-state index contributed by atoms with van der Waals surface area (Å²) in [5.41, 5.74) is 1.81. The maximum absolute atomic E-state index is 11.7. The van der Waals surface area contributed by atoms with E-state index in [0.717, 1.165) is 25.7 Å². The van der Waals surface area contributed by atoms with Crippen LogP contribution in [0, 0.1) is 5.41 Å². The summed E-state index contributed by atoms with van der Waals surface area (Å²) < 4.78 is 2.09. The number of fused-ring (bicyclic) bond motifs is 1. The summed E-state index contributed by atoms with van der Waals surface area (Å²) in [5.74, 6) is -0.627. The minimum absolute atomic E-state index is 0.538. The largest absolute Gasteiger partial charge is 0.481 e. The van der Waals surface area contributed by atoms with Gasteiger partial charge in [0, 0.05) is 24.1 Å². The van der Waals surface area contributed by atoms with E-state index in [1.54, 1.807) is 0 Å². The number of aryl methyl sites for hydroxylation is 1. The number of nitrogens with zero attached hydrogens (tertiary/aromatic N) is 1. The number of benzene rings is 1. The van der Waals surface area contributed by atoms with Crippen LogP contribution in [0.5, 0.6) is 0 Å². The molecular formula is C16H19NO2. The van der Waals surface area contributed by atoms with E-state index in [1.807, 2.05) is 19.2 Å². The highest BCUT2D eigenvalue weighted by Crippen LogP contribution is 2.42. The molecule has 1 N–H and O–H groups in total. The predicted molar refractivity (Wildman–Crippen MR) is 75.2 cm³/mol. The van der Waals surface area contributed by atoms with Crippen LogP contribution < -0.4 is 0 Å². The third kappa shape index (κ3) is 1.93. The molecule has 0 spiro atoms. The zero-order chi connectivity index (χ0) is 13.5. The molecule has 0 saturated heterocycles. The summed E-state index contributed by atoms with van der Waals surface area (Å²) in [7, 11) is 2.02. The number of aromatic nitrogens is 1. The Balaban J connectivity index is 2.03.